The zero-order chi connectivity index (χ0) is 6.85. The minimum atomic E-state index is -0.532. The van der Waals surface area contributed by atoms with Crippen molar-refractivity contribution < 1.29 is 4.79 Å². The van der Waals surface area contributed by atoms with E-state index in [1.54, 1.807) is 13.0 Å². The van der Waals surface area contributed by atoms with Gasteiger partial charge in [0.2, 0.25) is 6.04 Å². The first-order chi connectivity index (χ1) is 4.20. The normalized spacial score (nSPS) is 18.1. The van der Waals surface area contributed by atoms with E-state index in [0.717, 1.165) is 0 Å². The number of nitrogens with zero attached hydrogens (tertiary/aromatic N) is 2. The molecule has 1 aliphatic heterocycles. The van der Waals surface area contributed by atoms with Gasteiger partial charge in [-0.1, -0.05) is 0 Å². The maximum atomic E-state index is 10.3. The molecule has 2 N–H and O–H groups in total. The quantitative estimate of drug-likeness (QED) is 0.539. The highest BCUT2D eigenvalue weighted by molar-refractivity contribution is 5.91. The monoisotopic (exact) mass is 124 g/mol. The van der Waals surface area contributed by atoms with Gasteiger partial charge in [-0.15, -0.1) is 0 Å². The second-order valence-electron chi connectivity index (χ2n) is 1.74. The Labute approximate surface area is 52.5 Å². The molecular formula is C5H6N3O. The summed E-state index contributed by atoms with van der Waals surface area (Å²) in [5, 5.41) is 7.08. The Bertz CT molecular complexity index is 194. The number of carbonyl (C=O) groups is 1. The number of primary amides is 1. The molecule has 1 amide bonds. The lowest BCUT2D eigenvalue weighted by molar-refractivity contribution is -0.115. The van der Waals surface area contributed by atoms with Gasteiger partial charge in [-0.05, 0) is 13.0 Å². The topological polar surface area (TPSA) is 67.8 Å². The fourth-order valence-electron chi connectivity index (χ4n) is 0.509. The van der Waals surface area contributed by atoms with Gasteiger partial charge >= 0.3 is 0 Å². The van der Waals surface area contributed by atoms with Crippen molar-refractivity contribution in [3.8, 4) is 0 Å². The van der Waals surface area contributed by atoms with E-state index in [-0.39, 0.29) is 6.04 Å². The summed E-state index contributed by atoms with van der Waals surface area (Å²) < 4.78 is 0. The second-order valence-corrected chi connectivity index (χ2v) is 1.74. The highest BCUT2D eigenvalue weighted by Crippen LogP contribution is 2.16. The van der Waals surface area contributed by atoms with Gasteiger partial charge < -0.3 is 5.73 Å². The summed E-state index contributed by atoms with van der Waals surface area (Å²) in [4.78, 5) is 10.3. The molecule has 1 radical (unpaired) electrons. The van der Waals surface area contributed by atoms with Crippen molar-refractivity contribution >= 4 is 5.91 Å². The number of amides is 1. The Morgan fingerprint density at radius 3 is 2.56 bits per heavy atom. The third-order valence-electron chi connectivity index (χ3n) is 0.914. The predicted molar refractivity (Wildman–Crippen MR) is 31.1 cm³/mol. The van der Waals surface area contributed by atoms with Crippen LogP contribution in [0.3, 0.4) is 0 Å². The lowest BCUT2D eigenvalue weighted by Crippen LogP contribution is -2.16. The van der Waals surface area contributed by atoms with Gasteiger partial charge in [-0.3, -0.25) is 4.79 Å². The molecule has 47 valence electrons. The number of nitrogens with two attached hydrogens (primary N) is 1. The van der Waals surface area contributed by atoms with Crippen LogP contribution in [0.25, 0.3) is 0 Å². The maximum Gasteiger partial charge on any atom is 0.254 e. The van der Waals surface area contributed by atoms with Crippen LogP contribution in [0.15, 0.2) is 22.0 Å². The van der Waals surface area contributed by atoms with Gasteiger partial charge in [0.1, 0.15) is 0 Å². The van der Waals surface area contributed by atoms with Crippen molar-refractivity contribution in [1.29, 1.82) is 0 Å². The van der Waals surface area contributed by atoms with Crippen LogP contribution in [0.1, 0.15) is 6.92 Å². The zero-order valence-electron chi connectivity index (χ0n) is 4.96. The predicted octanol–water partition coefficient (Wildman–Crippen LogP) is 0.373. The van der Waals surface area contributed by atoms with Crippen molar-refractivity contribution in [2.75, 3.05) is 0 Å². The molecule has 0 aliphatic carbocycles. The second kappa shape index (κ2) is 1.97. The molecule has 0 atom stereocenters. The number of rotatable bonds is 1. The van der Waals surface area contributed by atoms with Gasteiger partial charge in [0.15, 0.2) is 0 Å². The summed E-state index contributed by atoms with van der Waals surface area (Å²) in [6, 6.07) is 0.229. The third kappa shape index (κ3) is 1.13. The van der Waals surface area contributed by atoms with Crippen LogP contribution in [-0.2, 0) is 4.79 Å². The van der Waals surface area contributed by atoms with Crippen molar-refractivity contribution in [3.63, 3.8) is 0 Å². The van der Waals surface area contributed by atoms with Gasteiger partial charge in [0.25, 0.3) is 5.91 Å². The molecule has 0 aromatic carbocycles. The van der Waals surface area contributed by atoms with Gasteiger partial charge in [-0.25, -0.2) is 0 Å². The number of hydrogen-bond donors (Lipinski definition) is 1. The van der Waals surface area contributed by atoms with E-state index in [1.807, 2.05) is 0 Å². The van der Waals surface area contributed by atoms with E-state index in [2.05, 4.69) is 10.2 Å². The fourth-order valence-corrected chi connectivity index (χ4v) is 0.509. The zero-order valence-corrected chi connectivity index (χ0v) is 4.96. The van der Waals surface area contributed by atoms with Crippen LogP contribution < -0.4 is 5.73 Å². The Hall–Kier alpha value is -1.19. The van der Waals surface area contributed by atoms with E-state index in [4.69, 9.17) is 5.73 Å². The summed E-state index contributed by atoms with van der Waals surface area (Å²) in [5.41, 5.74) is 5.60. The first-order valence-corrected chi connectivity index (χ1v) is 2.47. The Morgan fingerprint density at radius 2 is 2.33 bits per heavy atom. The van der Waals surface area contributed by atoms with Gasteiger partial charge in [0, 0.05) is 0 Å². The molecule has 0 spiro atoms. The molecule has 0 saturated heterocycles. The van der Waals surface area contributed by atoms with E-state index >= 15 is 0 Å². The molecule has 4 nitrogen and oxygen atoms in total. The first-order valence-electron chi connectivity index (χ1n) is 2.47. The lowest BCUT2D eigenvalue weighted by atomic mass is 10.3. The largest absolute Gasteiger partial charge is 0.367 e. The number of hydrogen-bond acceptors (Lipinski definition) is 3. The van der Waals surface area contributed by atoms with Crippen LogP contribution in [0.2, 0.25) is 0 Å². The van der Waals surface area contributed by atoms with Crippen molar-refractivity contribution in [1.82, 2.24) is 0 Å². The number of carbonyl (C=O) groups excluding carboxylic acids is 1. The average molecular weight is 124 g/mol. The molecular weight excluding hydrogens is 118 g/mol. The maximum absolute atomic E-state index is 10.3. The highest BCUT2D eigenvalue weighted by Gasteiger charge is 2.16. The Balaban J connectivity index is 2.70. The minimum absolute atomic E-state index is 0.229. The van der Waals surface area contributed by atoms with Crippen LogP contribution in [0.5, 0.6) is 0 Å². The van der Waals surface area contributed by atoms with E-state index in [0.29, 0.717) is 5.70 Å². The summed E-state index contributed by atoms with van der Waals surface area (Å²) >= 11 is 0. The van der Waals surface area contributed by atoms with E-state index in [1.165, 1.54) is 0 Å². The summed E-state index contributed by atoms with van der Waals surface area (Å²) in [6.45, 7) is 1.75. The Kier molecular flexibility index (Phi) is 1.30. The molecule has 1 rings (SSSR count). The summed E-state index contributed by atoms with van der Waals surface area (Å²) in [7, 11) is 0. The number of allylic oxidation sites excluding steroid dienone is 1. The first kappa shape index (κ1) is 5.94. The molecule has 0 aromatic rings. The standard InChI is InChI=1S/C5H6N3O/c1-3-2-4(5(6)9)8-7-3/h2H,1H3,(H2,6,9). The van der Waals surface area contributed by atoms with Gasteiger partial charge in [0.05, 0.1) is 5.70 Å². The van der Waals surface area contributed by atoms with Crippen LogP contribution in [0.4, 0.5) is 0 Å². The molecule has 0 fully saturated rings. The van der Waals surface area contributed by atoms with Crippen LogP contribution >= 0.6 is 0 Å². The van der Waals surface area contributed by atoms with E-state index < -0.39 is 5.91 Å². The molecule has 0 saturated carbocycles. The molecule has 1 aliphatic rings. The highest BCUT2D eigenvalue weighted by atomic mass is 16.1. The summed E-state index contributed by atoms with van der Waals surface area (Å²) in [5.74, 6) is -0.532. The minimum Gasteiger partial charge on any atom is -0.367 e. The average Bonchev–Trinajstić information content (AvgIpc) is 2.14. The lowest BCUT2D eigenvalue weighted by Gasteiger charge is -1.89. The molecule has 0 bridgehead atoms. The third-order valence-corrected chi connectivity index (χ3v) is 0.914. The SMILES string of the molecule is CC1=C[C](C(N)=O)N=N1. The molecule has 9 heavy (non-hydrogen) atoms. The molecule has 4 heteroatoms. The summed E-state index contributed by atoms with van der Waals surface area (Å²) in [6.07, 6.45) is 1.54. The smallest absolute Gasteiger partial charge is 0.254 e. The van der Waals surface area contributed by atoms with Crippen LogP contribution in [0, 0.1) is 6.04 Å². The van der Waals surface area contributed by atoms with Crippen LogP contribution in [-0.4, -0.2) is 5.91 Å². The Morgan fingerprint density at radius 1 is 1.67 bits per heavy atom. The number of azo groups is 1. The molecule has 0 aromatic heterocycles. The van der Waals surface area contributed by atoms with E-state index in [9.17, 15) is 4.79 Å². The van der Waals surface area contributed by atoms with Crippen molar-refractivity contribution in [3.05, 3.63) is 17.8 Å². The van der Waals surface area contributed by atoms with Crippen molar-refractivity contribution in [2.24, 2.45) is 16.0 Å². The van der Waals surface area contributed by atoms with Crippen molar-refractivity contribution in [2.45, 2.75) is 6.92 Å². The molecule has 1 heterocycles. The van der Waals surface area contributed by atoms with Gasteiger partial charge in [-0.2, -0.15) is 10.2 Å². The molecule has 0 unspecified atom stereocenters. The fraction of sp³-hybridized carbons (Fsp3) is 0.200.